The predicted octanol–water partition coefficient (Wildman–Crippen LogP) is 0.969. The molecule has 1 aromatic heterocycles. The molecular formula is C18H22N4O4. The average molecular weight is 358 g/mol. The van der Waals surface area contributed by atoms with Gasteiger partial charge in [-0.1, -0.05) is 12.1 Å². The van der Waals surface area contributed by atoms with Crippen molar-refractivity contribution in [1.29, 1.82) is 0 Å². The van der Waals surface area contributed by atoms with Gasteiger partial charge in [-0.3, -0.25) is 18.9 Å². The van der Waals surface area contributed by atoms with Crippen LogP contribution in [0.3, 0.4) is 0 Å². The van der Waals surface area contributed by atoms with E-state index in [1.54, 1.807) is 5.01 Å². The normalized spacial score (nSPS) is 16.7. The van der Waals surface area contributed by atoms with Gasteiger partial charge in [-0.05, 0) is 24.6 Å². The van der Waals surface area contributed by atoms with Crippen molar-refractivity contribution in [3.8, 4) is 11.6 Å². The van der Waals surface area contributed by atoms with E-state index in [0.29, 0.717) is 18.7 Å². The molecule has 8 heteroatoms. The summed E-state index contributed by atoms with van der Waals surface area (Å²) in [6.45, 7) is 2.53. The number of hydrazone groups is 1. The Labute approximate surface area is 150 Å². The Kier molecular flexibility index (Phi) is 4.58. The molecule has 1 aromatic carbocycles. The quantitative estimate of drug-likeness (QED) is 0.880. The topological polar surface area (TPSA) is 89.1 Å². The second kappa shape index (κ2) is 6.70. The third-order valence-corrected chi connectivity index (χ3v) is 4.61. The fraction of sp³-hybridized carbons (Fsp3) is 0.389. The summed E-state index contributed by atoms with van der Waals surface area (Å²) in [7, 11) is 4.62. The summed E-state index contributed by atoms with van der Waals surface area (Å²) in [6, 6.07) is 7.65. The Morgan fingerprint density at radius 3 is 2.42 bits per heavy atom. The van der Waals surface area contributed by atoms with Gasteiger partial charge in [0, 0.05) is 27.6 Å². The molecular weight excluding hydrogens is 336 g/mol. The van der Waals surface area contributed by atoms with Crippen molar-refractivity contribution in [1.82, 2.24) is 14.1 Å². The number of ether oxygens (including phenoxy) is 1. The van der Waals surface area contributed by atoms with Gasteiger partial charge in [0.2, 0.25) is 5.88 Å². The lowest BCUT2D eigenvalue weighted by molar-refractivity contribution is 0.289. The molecule has 0 bridgehead atoms. The summed E-state index contributed by atoms with van der Waals surface area (Å²) in [6.07, 6.45) is 0.450. The number of aromatic nitrogens is 2. The van der Waals surface area contributed by atoms with Crippen LogP contribution in [-0.2, 0) is 14.1 Å². The summed E-state index contributed by atoms with van der Waals surface area (Å²) >= 11 is 0. The summed E-state index contributed by atoms with van der Waals surface area (Å²) in [5.74, 6) is 0.431. The highest BCUT2D eigenvalue weighted by Gasteiger charge is 2.30. The smallest absolute Gasteiger partial charge is 0.333 e. The van der Waals surface area contributed by atoms with Crippen LogP contribution in [0.2, 0.25) is 0 Å². The fourth-order valence-corrected chi connectivity index (χ4v) is 3.14. The molecule has 1 N–H and O–H groups in total. The van der Waals surface area contributed by atoms with Gasteiger partial charge >= 0.3 is 5.69 Å². The maximum atomic E-state index is 12.5. The van der Waals surface area contributed by atoms with E-state index in [2.05, 4.69) is 5.10 Å². The van der Waals surface area contributed by atoms with Gasteiger partial charge < -0.3 is 9.84 Å². The maximum absolute atomic E-state index is 12.5. The first-order valence-electron chi connectivity index (χ1n) is 8.37. The Bertz CT molecular complexity index is 972. The molecule has 0 spiro atoms. The van der Waals surface area contributed by atoms with Crippen LogP contribution in [0, 0.1) is 0 Å². The lowest BCUT2D eigenvalue weighted by atomic mass is 9.99. The van der Waals surface area contributed by atoms with Gasteiger partial charge in [0.25, 0.3) is 5.56 Å². The summed E-state index contributed by atoms with van der Waals surface area (Å²) in [5, 5.41) is 16.5. The Morgan fingerprint density at radius 2 is 1.81 bits per heavy atom. The van der Waals surface area contributed by atoms with Crippen LogP contribution in [0.15, 0.2) is 39.0 Å². The Morgan fingerprint density at radius 1 is 1.15 bits per heavy atom. The largest absolute Gasteiger partial charge is 0.494 e. The number of hydrogen-bond acceptors (Lipinski definition) is 6. The van der Waals surface area contributed by atoms with Crippen LogP contribution in [0.25, 0.3) is 0 Å². The standard InChI is InChI=1S/C18H22N4O4/c1-5-26-12-8-6-11(7-9-12)14-10-13(19-22(14)4)15-16(23)20(2)18(25)21(3)17(15)24/h6-9,14,23H,5,10H2,1-4H3/t14-/m1/s1. The van der Waals surface area contributed by atoms with Gasteiger partial charge in [-0.15, -0.1) is 0 Å². The minimum Gasteiger partial charge on any atom is -0.494 e. The number of hydrogen-bond donors (Lipinski definition) is 1. The maximum Gasteiger partial charge on any atom is 0.333 e. The minimum absolute atomic E-state index is 0.0647. The van der Waals surface area contributed by atoms with Crippen LogP contribution in [-0.4, -0.2) is 38.6 Å². The van der Waals surface area contributed by atoms with E-state index in [1.807, 2.05) is 38.2 Å². The molecule has 3 rings (SSSR count). The molecule has 0 radical (unpaired) electrons. The summed E-state index contributed by atoms with van der Waals surface area (Å²) in [4.78, 5) is 24.4. The number of aromatic hydroxyl groups is 1. The molecule has 8 nitrogen and oxygen atoms in total. The van der Waals surface area contributed by atoms with E-state index < -0.39 is 11.2 Å². The zero-order valence-electron chi connectivity index (χ0n) is 15.3. The van der Waals surface area contributed by atoms with Gasteiger partial charge in [-0.2, -0.15) is 5.10 Å². The molecule has 2 heterocycles. The first-order chi connectivity index (χ1) is 12.3. The van der Waals surface area contributed by atoms with Gasteiger partial charge in [0.1, 0.15) is 11.3 Å². The lowest BCUT2D eigenvalue weighted by Crippen LogP contribution is -2.39. The van der Waals surface area contributed by atoms with Crippen LogP contribution >= 0.6 is 0 Å². The van der Waals surface area contributed by atoms with E-state index in [1.165, 1.54) is 14.1 Å². The van der Waals surface area contributed by atoms with E-state index in [9.17, 15) is 14.7 Å². The first kappa shape index (κ1) is 17.8. The van der Waals surface area contributed by atoms with Gasteiger partial charge in [-0.25, -0.2) is 4.79 Å². The third kappa shape index (κ3) is 2.87. The van der Waals surface area contributed by atoms with Crippen molar-refractivity contribution < 1.29 is 9.84 Å². The summed E-state index contributed by atoms with van der Waals surface area (Å²) in [5.41, 5.74) is 0.419. The SMILES string of the molecule is CCOc1ccc([C@H]2CC(c3c(O)n(C)c(=O)n(C)c3=O)=NN2C)cc1. The molecule has 26 heavy (non-hydrogen) atoms. The van der Waals surface area contributed by atoms with E-state index >= 15 is 0 Å². The lowest BCUT2D eigenvalue weighted by Gasteiger charge is -2.19. The van der Waals surface area contributed by atoms with Crippen LogP contribution in [0.4, 0.5) is 0 Å². The molecule has 0 saturated heterocycles. The zero-order valence-corrected chi connectivity index (χ0v) is 15.3. The summed E-state index contributed by atoms with van der Waals surface area (Å²) < 4.78 is 7.48. The number of benzene rings is 1. The fourth-order valence-electron chi connectivity index (χ4n) is 3.14. The van der Waals surface area contributed by atoms with Crippen molar-refractivity contribution in [2.24, 2.45) is 19.2 Å². The zero-order chi connectivity index (χ0) is 19.0. The highest BCUT2D eigenvalue weighted by atomic mass is 16.5. The molecule has 1 aliphatic rings. The Balaban J connectivity index is 1.95. The molecule has 0 saturated carbocycles. The molecule has 0 amide bonds. The second-order valence-corrected chi connectivity index (χ2v) is 6.25. The Hall–Kier alpha value is -3.03. The highest BCUT2D eigenvalue weighted by Crippen LogP contribution is 2.32. The molecule has 138 valence electrons. The molecule has 0 fully saturated rings. The minimum atomic E-state index is -0.578. The molecule has 2 aromatic rings. The van der Waals surface area contributed by atoms with Gasteiger partial charge in [0.15, 0.2) is 0 Å². The molecule has 0 aliphatic carbocycles. The molecule has 0 unspecified atom stereocenters. The van der Waals surface area contributed by atoms with Crippen molar-refractivity contribution in [3.05, 3.63) is 56.2 Å². The number of nitrogens with zero attached hydrogens (tertiary/aromatic N) is 4. The second-order valence-electron chi connectivity index (χ2n) is 6.25. The van der Waals surface area contributed by atoms with E-state index in [-0.39, 0.29) is 17.5 Å². The third-order valence-electron chi connectivity index (χ3n) is 4.61. The van der Waals surface area contributed by atoms with Crippen molar-refractivity contribution in [2.75, 3.05) is 13.7 Å². The van der Waals surface area contributed by atoms with Crippen molar-refractivity contribution >= 4 is 5.71 Å². The van der Waals surface area contributed by atoms with E-state index in [4.69, 9.17) is 4.74 Å². The monoisotopic (exact) mass is 358 g/mol. The van der Waals surface area contributed by atoms with Crippen molar-refractivity contribution in [3.63, 3.8) is 0 Å². The predicted molar refractivity (Wildman–Crippen MR) is 97.9 cm³/mol. The van der Waals surface area contributed by atoms with Crippen LogP contribution in [0.5, 0.6) is 11.6 Å². The van der Waals surface area contributed by atoms with Crippen LogP contribution in [0.1, 0.15) is 30.5 Å². The van der Waals surface area contributed by atoms with E-state index in [0.717, 1.165) is 20.4 Å². The van der Waals surface area contributed by atoms with Crippen molar-refractivity contribution in [2.45, 2.75) is 19.4 Å². The van der Waals surface area contributed by atoms with Crippen LogP contribution < -0.4 is 16.0 Å². The first-order valence-corrected chi connectivity index (χ1v) is 8.37. The highest BCUT2D eigenvalue weighted by molar-refractivity contribution is 6.03. The van der Waals surface area contributed by atoms with Gasteiger partial charge in [0.05, 0.1) is 18.4 Å². The molecule has 1 atom stereocenters. The molecule has 1 aliphatic heterocycles. The number of rotatable bonds is 4. The average Bonchev–Trinajstić information content (AvgIpc) is 3.01.